The zero-order chi connectivity index (χ0) is 14.5. The average molecular weight is 271 g/mol. The van der Waals surface area contributed by atoms with Gasteiger partial charge in [-0.1, -0.05) is 24.3 Å². The first-order chi connectivity index (χ1) is 9.60. The van der Waals surface area contributed by atoms with Gasteiger partial charge in [-0.05, 0) is 42.3 Å². The number of aliphatic hydroxyl groups is 1. The average Bonchev–Trinajstić information content (AvgIpc) is 2.47. The molecule has 0 aromatic heterocycles. The van der Waals surface area contributed by atoms with Gasteiger partial charge in [0.05, 0.1) is 13.2 Å². The summed E-state index contributed by atoms with van der Waals surface area (Å²) in [7, 11) is 3.73. The quantitative estimate of drug-likeness (QED) is 0.905. The lowest BCUT2D eigenvalue weighted by Crippen LogP contribution is -2.16. The summed E-state index contributed by atoms with van der Waals surface area (Å²) in [6.07, 6.45) is -0.423. The molecule has 0 heterocycles. The number of ether oxygens (including phenoxy) is 1. The molecule has 1 N–H and O–H groups in total. The highest BCUT2D eigenvalue weighted by molar-refractivity contribution is 5.48. The van der Waals surface area contributed by atoms with Crippen LogP contribution in [-0.4, -0.2) is 19.3 Å². The highest BCUT2D eigenvalue weighted by Crippen LogP contribution is 2.21. The third-order valence-corrected chi connectivity index (χ3v) is 3.37. The van der Waals surface area contributed by atoms with Crippen molar-refractivity contribution in [3.63, 3.8) is 0 Å². The van der Waals surface area contributed by atoms with Crippen molar-refractivity contribution in [3.05, 3.63) is 59.7 Å². The normalized spacial score (nSPS) is 12.0. The van der Waals surface area contributed by atoms with Gasteiger partial charge in [-0.2, -0.15) is 0 Å². The van der Waals surface area contributed by atoms with Crippen LogP contribution >= 0.6 is 0 Å². The largest absolute Gasteiger partial charge is 0.497 e. The van der Waals surface area contributed by atoms with Gasteiger partial charge in [-0.3, -0.25) is 0 Å². The van der Waals surface area contributed by atoms with Gasteiger partial charge in [0.25, 0.3) is 0 Å². The van der Waals surface area contributed by atoms with E-state index in [1.54, 1.807) is 14.0 Å². The Kier molecular flexibility index (Phi) is 4.64. The number of nitrogens with zero attached hydrogens (tertiary/aromatic N) is 1. The van der Waals surface area contributed by atoms with E-state index in [0.29, 0.717) is 0 Å². The van der Waals surface area contributed by atoms with Crippen LogP contribution in [0, 0.1) is 0 Å². The van der Waals surface area contributed by atoms with Crippen LogP contribution in [0.25, 0.3) is 0 Å². The number of benzene rings is 2. The maximum atomic E-state index is 9.52. The standard InChI is InChI=1S/C17H21NO2/c1-13(19)15-7-9-16(10-8-15)18(2)12-14-5-4-6-17(11-14)20-3/h4-11,13,19H,12H2,1-3H3. The fourth-order valence-electron chi connectivity index (χ4n) is 2.14. The lowest BCUT2D eigenvalue weighted by atomic mass is 10.1. The Morgan fingerprint density at radius 3 is 2.45 bits per heavy atom. The van der Waals surface area contributed by atoms with Crippen molar-refractivity contribution in [2.75, 3.05) is 19.1 Å². The summed E-state index contributed by atoms with van der Waals surface area (Å²) >= 11 is 0. The van der Waals surface area contributed by atoms with Crippen LogP contribution in [-0.2, 0) is 6.54 Å². The molecule has 0 spiro atoms. The van der Waals surface area contributed by atoms with Gasteiger partial charge >= 0.3 is 0 Å². The molecule has 1 atom stereocenters. The summed E-state index contributed by atoms with van der Waals surface area (Å²) in [4.78, 5) is 2.17. The zero-order valence-electron chi connectivity index (χ0n) is 12.2. The molecule has 0 radical (unpaired) electrons. The smallest absolute Gasteiger partial charge is 0.119 e. The molecule has 0 saturated heterocycles. The third-order valence-electron chi connectivity index (χ3n) is 3.37. The summed E-state index contributed by atoms with van der Waals surface area (Å²) < 4.78 is 5.24. The van der Waals surface area contributed by atoms with Crippen LogP contribution in [0.5, 0.6) is 5.75 Å². The highest BCUT2D eigenvalue weighted by atomic mass is 16.5. The Morgan fingerprint density at radius 1 is 1.15 bits per heavy atom. The molecule has 1 unspecified atom stereocenters. The first-order valence-electron chi connectivity index (χ1n) is 6.72. The molecule has 0 fully saturated rings. The number of methoxy groups -OCH3 is 1. The molecule has 3 heteroatoms. The predicted octanol–water partition coefficient (Wildman–Crippen LogP) is 3.38. The molecule has 20 heavy (non-hydrogen) atoms. The van der Waals surface area contributed by atoms with E-state index in [4.69, 9.17) is 4.74 Å². The number of hydrogen-bond donors (Lipinski definition) is 1. The van der Waals surface area contributed by atoms with Gasteiger partial charge in [0.15, 0.2) is 0 Å². The van der Waals surface area contributed by atoms with Crippen LogP contribution in [0.4, 0.5) is 5.69 Å². The van der Waals surface area contributed by atoms with E-state index in [9.17, 15) is 5.11 Å². The zero-order valence-corrected chi connectivity index (χ0v) is 12.2. The first-order valence-corrected chi connectivity index (χ1v) is 6.72. The molecule has 0 saturated carbocycles. The van der Waals surface area contributed by atoms with Gasteiger partial charge in [0, 0.05) is 19.3 Å². The van der Waals surface area contributed by atoms with E-state index in [1.165, 1.54) is 5.56 Å². The maximum Gasteiger partial charge on any atom is 0.119 e. The molecular formula is C17H21NO2. The van der Waals surface area contributed by atoms with Gasteiger partial charge in [0.2, 0.25) is 0 Å². The van der Waals surface area contributed by atoms with Crippen LogP contribution in [0.2, 0.25) is 0 Å². The number of aliphatic hydroxyl groups excluding tert-OH is 1. The Hall–Kier alpha value is -2.00. The Balaban J connectivity index is 2.08. The molecule has 0 bridgehead atoms. The minimum Gasteiger partial charge on any atom is -0.497 e. The van der Waals surface area contributed by atoms with E-state index in [-0.39, 0.29) is 0 Å². The second-order valence-corrected chi connectivity index (χ2v) is 4.98. The summed E-state index contributed by atoms with van der Waals surface area (Å²) in [5.41, 5.74) is 3.26. The van der Waals surface area contributed by atoms with Crippen molar-refractivity contribution in [1.82, 2.24) is 0 Å². The molecule has 2 aromatic rings. The van der Waals surface area contributed by atoms with Gasteiger partial charge < -0.3 is 14.7 Å². The van der Waals surface area contributed by atoms with E-state index < -0.39 is 6.10 Å². The van der Waals surface area contributed by atoms with Crippen LogP contribution in [0.15, 0.2) is 48.5 Å². The highest BCUT2D eigenvalue weighted by Gasteiger charge is 2.05. The van der Waals surface area contributed by atoms with Crippen molar-refractivity contribution in [3.8, 4) is 5.75 Å². The van der Waals surface area contributed by atoms with E-state index in [1.807, 2.05) is 42.5 Å². The van der Waals surface area contributed by atoms with Crippen molar-refractivity contribution in [1.29, 1.82) is 0 Å². The number of hydrogen-bond acceptors (Lipinski definition) is 3. The first kappa shape index (κ1) is 14.4. The Labute approximate surface area is 120 Å². The topological polar surface area (TPSA) is 32.7 Å². The molecule has 2 aromatic carbocycles. The van der Waals surface area contributed by atoms with Crippen LogP contribution in [0.1, 0.15) is 24.2 Å². The maximum absolute atomic E-state index is 9.52. The molecule has 0 amide bonds. The minimum absolute atomic E-state index is 0.423. The van der Waals surface area contributed by atoms with Crippen molar-refractivity contribution in [2.24, 2.45) is 0 Å². The number of anilines is 1. The van der Waals surface area contributed by atoms with E-state index in [0.717, 1.165) is 23.5 Å². The van der Waals surface area contributed by atoms with Gasteiger partial charge in [0.1, 0.15) is 5.75 Å². The lowest BCUT2D eigenvalue weighted by Gasteiger charge is -2.20. The molecular weight excluding hydrogens is 250 g/mol. The number of rotatable bonds is 5. The Morgan fingerprint density at radius 2 is 1.85 bits per heavy atom. The summed E-state index contributed by atoms with van der Waals surface area (Å²) in [6, 6.07) is 16.1. The predicted molar refractivity (Wildman–Crippen MR) is 82.2 cm³/mol. The SMILES string of the molecule is COc1cccc(CN(C)c2ccc(C(C)O)cc2)c1. The van der Waals surface area contributed by atoms with E-state index >= 15 is 0 Å². The second-order valence-electron chi connectivity index (χ2n) is 4.98. The minimum atomic E-state index is -0.423. The molecule has 3 nitrogen and oxygen atoms in total. The van der Waals surface area contributed by atoms with Crippen LogP contribution in [0.3, 0.4) is 0 Å². The summed E-state index contributed by atoms with van der Waals surface area (Å²) in [5.74, 6) is 0.875. The molecule has 0 aliphatic heterocycles. The van der Waals surface area contributed by atoms with Gasteiger partial charge in [-0.15, -0.1) is 0 Å². The third kappa shape index (κ3) is 3.52. The lowest BCUT2D eigenvalue weighted by molar-refractivity contribution is 0.199. The van der Waals surface area contributed by atoms with Gasteiger partial charge in [-0.25, -0.2) is 0 Å². The summed E-state index contributed by atoms with van der Waals surface area (Å²) in [5, 5.41) is 9.52. The van der Waals surface area contributed by atoms with Crippen molar-refractivity contribution < 1.29 is 9.84 Å². The molecule has 0 aliphatic carbocycles. The molecule has 106 valence electrons. The monoisotopic (exact) mass is 271 g/mol. The molecule has 2 rings (SSSR count). The van der Waals surface area contributed by atoms with Crippen LogP contribution < -0.4 is 9.64 Å². The van der Waals surface area contributed by atoms with E-state index in [2.05, 4.69) is 18.0 Å². The summed E-state index contributed by atoms with van der Waals surface area (Å²) in [6.45, 7) is 2.58. The Bertz CT molecular complexity index is 549. The fourth-order valence-corrected chi connectivity index (χ4v) is 2.14. The van der Waals surface area contributed by atoms with Crippen molar-refractivity contribution in [2.45, 2.75) is 19.6 Å². The fraction of sp³-hybridized carbons (Fsp3) is 0.294. The molecule has 0 aliphatic rings. The second kappa shape index (κ2) is 6.44. The van der Waals surface area contributed by atoms with Crippen molar-refractivity contribution >= 4 is 5.69 Å².